The van der Waals surface area contributed by atoms with E-state index in [2.05, 4.69) is 17.4 Å². The van der Waals surface area contributed by atoms with Crippen LogP contribution in [-0.2, 0) is 4.79 Å². The Labute approximate surface area is 136 Å². The molecule has 7 heteroatoms. The molecule has 1 aromatic heterocycles. The van der Waals surface area contributed by atoms with Crippen LogP contribution >= 0.6 is 22.9 Å². The lowest BCUT2D eigenvalue weighted by Gasteiger charge is -2.25. The Bertz CT molecular complexity index is 716. The van der Waals surface area contributed by atoms with Crippen LogP contribution in [0, 0.1) is 0 Å². The second kappa shape index (κ2) is 6.29. The topological polar surface area (TPSA) is 59.6 Å². The molecule has 2 aromatic rings. The van der Waals surface area contributed by atoms with Crippen molar-refractivity contribution in [3.63, 3.8) is 0 Å². The number of benzene rings is 1. The lowest BCUT2D eigenvalue weighted by Crippen LogP contribution is -2.48. The molecule has 0 unspecified atom stereocenters. The van der Waals surface area contributed by atoms with Crippen molar-refractivity contribution < 1.29 is 14.3 Å². The standard InChI is InChI=1S/C15H13ClN2O3S/c1-9(13-6-7-14(16)22-13)17-18-15(19)12-8-20-10-4-2-3-5-11(10)21-12/h2-7,12,17H,1,8H2,(H,18,19)/t12-/m0/s1. The number of amides is 1. The summed E-state index contributed by atoms with van der Waals surface area (Å²) in [7, 11) is 0. The molecular formula is C15H13ClN2O3S. The average molecular weight is 337 g/mol. The first-order valence-electron chi connectivity index (χ1n) is 6.52. The van der Waals surface area contributed by atoms with Crippen LogP contribution in [0.4, 0.5) is 0 Å². The van der Waals surface area contributed by atoms with Crippen LogP contribution in [0.5, 0.6) is 11.5 Å². The number of carbonyl (C=O) groups is 1. The van der Waals surface area contributed by atoms with Crippen LogP contribution in [0.3, 0.4) is 0 Å². The molecule has 1 aromatic carbocycles. The zero-order valence-electron chi connectivity index (χ0n) is 11.5. The fourth-order valence-corrected chi connectivity index (χ4v) is 2.87. The lowest BCUT2D eigenvalue weighted by atomic mass is 10.2. The fraction of sp³-hybridized carbons (Fsp3) is 0.133. The monoisotopic (exact) mass is 336 g/mol. The van der Waals surface area contributed by atoms with E-state index in [0.29, 0.717) is 21.5 Å². The molecule has 0 aliphatic carbocycles. The number of para-hydroxylation sites is 2. The van der Waals surface area contributed by atoms with Crippen molar-refractivity contribution in [2.75, 3.05) is 6.61 Å². The van der Waals surface area contributed by atoms with E-state index in [1.807, 2.05) is 18.2 Å². The van der Waals surface area contributed by atoms with E-state index < -0.39 is 6.10 Å². The van der Waals surface area contributed by atoms with Crippen LogP contribution in [-0.4, -0.2) is 18.6 Å². The Morgan fingerprint density at radius 1 is 1.23 bits per heavy atom. The van der Waals surface area contributed by atoms with Crippen molar-refractivity contribution >= 4 is 34.5 Å². The smallest absolute Gasteiger partial charge is 0.282 e. The number of fused-ring (bicyclic) bond motifs is 1. The number of halogens is 1. The Morgan fingerprint density at radius 3 is 2.73 bits per heavy atom. The predicted octanol–water partition coefficient (Wildman–Crippen LogP) is 2.83. The highest BCUT2D eigenvalue weighted by atomic mass is 35.5. The average Bonchev–Trinajstić information content (AvgIpc) is 2.98. The van der Waals surface area contributed by atoms with Gasteiger partial charge in [0, 0.05) is 0 Å². The van der Waals surface area contributed by atoms with Gasteiger partial charge in [-0.25, -0.2) is 0 Å². The lowest BCUT2D eigenvalue weighted by molar-refractivity contribution is -0.131. The van der Waals surface area contributed by atoms with E-state index in [9.17, 15) is 4.79 Å². The molecular weight excluding hydrogens is 324 g/mol. The first-order valence-corrected chi connectivity index (χ1v) is 7.72. The number of thiophene rings is 1. The van der Waals surface area contributed by atoms with Crippen molar-refractivity contribution in [2.24, 2.45) is 0 Å². The third kappa shape index (κ3) is 3.18. The van der Waals surface area contributed by atoms with Crippen LogP contribution in [0.25, 0.3) is 5.70 Å². The normalized spacial score (nSPS) is 16.0. The van der Waals surface area contributed by atoms with Crippen molar-refractivity contribution in [2.45, 2.75) is 6.10 Å². The summed E-state index contributed by atoms with van der Waals surface area (Å²) in [5.74, 6) is 0.855. The minimum absolute atomic E-state index is 0.155. The Balaban J connectivity index is 1.56. The van der Waals surface area contributed by atoms with Crippen LogP contribution < -0.4 is 20.3 Å². The van der Waals surface area contributed by atoms with Gasteiger partial charge in [0.25, 0.3) is 5.91 Å². The van der Waals surface area contributed by atoms with Gasteiger partial charge in [0.2, 0.25) is 6.10 Å². The fourth-order valence-electron chi connectivity index (χ4n) is 1.90. The molecule has 1 atom stereocenters. The van der Waals surface area contributed by atoms with Gasteiger partial charge in [-0.2, -0.15) is 0 Å². The number of rotatable bonds is 4. The predicted molar refractivity (Wildman–Crippen MR) is 86.0 cm³/mol. The van der Waals surface area contributed by atoms with Gasteiger partial charge in [0.05, 0.1) is 14.9 Å². The maximum absolute atomic E-state index is 12.1. The van der Waals surface area contributed by atoms with Crippen LogP contribution in [0.15, 0.2) is 43.0 Å². The molecule has 2 heterocycles. The van der Waals surface area contributed by atoms with E-state index in [4.69, 9.17) is 21.1 Å². The quantitative estimate of drug-likeness (QED) is 0.843. The van der Waals surface area contributed by atoms with Gasteiger partial charge in [-0.3, -0.25) is 15.6 Å². The van der Waals surface area contributed by atoms with Gasteiger partial charge in [-0.15, -0.1) is 11.3 Å². The molecule has 1 aliphatic rings. The highest BCUT2D eigenvalue weighted by molar-refractivity contribution is 7.17. The van der Waals surface area contributed by atoms with Gasteiger partial charge in [-0.1, -0.05) is 30.3 Å². The maximum atomic E-state index is 12.1. The zero-order chi connectivity index (χ0) is 15.5. The summed E-state index contributed by atoms with van der Waals surface area (Å²) >= 11 is 7.23. The number of hydrogen-bond acceptors (Lipinski definition) is 5. The first-order chi connectivity index (χ1) is 10.6. The first kappa shape index (κ1) is 14.7. The summed E-state index contributed by atoms with van der Waals surface area (Å²) in [6.07, 6.45) is -0.720. The molecule has 22 heavy (non-hydrogen) atoms. The largest absolute Gasteiger partial charge is 0.485 e. The molecule has 0 bridgehead atoms. The van der Waals surface area contributed by atoms with Gasteiger partial charge < -0.3 is 9.47 Å². The number of carbonyl (C=O) groups excluding carboxylic acids is 1. The Morgan fingerprint density at radius 2 is 2.00 bits per heavy atom. The minimum atomic E-state index is -0.720. The third-order valence-corrected chi connectivity index (χ3v) is 4.30. The number of nitrogens with one attached hydrogen (secondary N) is 2. The number of ether oxygens (including phenoxy) is 2. The third-order valence-electron chi connectivity index (χ3n) is 3.01. The molecule has 0 saturated heterocycles. The van der Waals surface area contributed by atoms with Crippen molar-refractivity contribution in [1.29, 1.82) is 0 Å². The molecule has 2 N–H and O–H groups in total. The van der Waals surface area contributed by atoms with Gasteiger partial charge in [-0.05, 0) is 24.3 Å². The SMILES string of the molecule is C=C(NNC(=O)[C@@H]1COc2ccccc2O1)c1ccc(Cl)s1. The Hall–Kier alpha value is -2.18. The molecule has 5 nitrogen and oxygen atoms in total. The van der Waals surface area contributed by atoms with E-state index in [-0.39, 0.29) is 12.5 Å². The summed E-state index contributed by atoms with van der Waals surface area (Å²) in [5.41, 5.74) is 5.87. The highest BCUT2D eigenvalue weighted by Gasteiger charge is 2.27. The second-order valence-corrected chi connectivity index (χ2v) is 6.28. The van der Waals surface area contributed by atoms with Crippen molar-refractivity contribution in [3.8, 4) is 11.5 Å². The minimum Gasteiger partial charge on any atom is -0.485 e. The van der Waals surface area contributed by atoms with Crippen molar-refractivity contribution in [3.05, 3.63) is 52.2 Å². The zero-order valence-corrected chi connectivity index (χ0v) is 13.0. The summed E-state index contributed by atoms with van der Waals surface area (Å²) in [6, 6.07) is 10.8. The Kier molecular flexibility index (Phi) is 4.22. The summed E-state index contributed by atoms with van der Waals surface area (Å²) < 4.78 is 11.8. The van der Waals surface area contributed by atoms with E-state index in [0.717, 1.165) is 4.88 Å². The van der Waals surface area contributed by atoms with E-state index in [1.165, 1.54) is 11.3 Å². The number of hydrazine groups is 1. The van der Waals surface area contributed by atoms with Gasteiger partial charge in [0.15, 0.2) is 11.5 Å². The molecule has 114 valence electrons. The number of hydrogen-bond donors (Lipinski definition) is 2. The highest BCUT2D eigenvalue weighted by Crippen LogP contribution is 2.30. The molecule has 0 spiro atoms. The summed E-state index contributed by atoms with van der Waals surface area (Å²) in [6.45, 7) is 4.00. The van der Waals surface area contributed by atoms with Gasteiger partial charge >= 0.3 is 0 Å². The molecule has 0 saturated carbocycles. The van der Waals surface area contributed by atoms with Gasteiger partial charge in [0.1, 0.15) is 6.61 Å². The molecule has 3 rings (SSSR count). The molecule has 0 radical (unpaired) electrons. The van der Waals surface area contributed by atoms with Crippen LogP contribution in [0.2, 0.25) is 4.34 Å². The molecule has 1 aliphatic heterocycles. The molecule has 0 fully saturated rings. The summed E-state index contributed by atoms with van der Waals surface area (Å²) in [4.78, 5) is 13.0. The molecule has 1 amide bonds. The summed E-state index contributed by atoms with van der Waals surface area (Å²) in [5, 5.41) is 0. The van der Waals surface area contributed by atoms with Crippen molar-refractivity contribution in [1.82, 2.24) is 10.9 Å². The second-order valence-electron chi connectivity index (χ2n) is 4.56. The van der Waals surface area contributed by atoms with E-state index >= 15 is 0 Å². The van der Waals surface area contributed by atoms with E-state index in [1.54, 1.807) is 18.2 Å². The van der Waals surface area contributed by atoms with Crippen LogP contribution in [0.1, 0.15) is 4.88 Å². The maximum Gasteiger partial charge on any atom is 0.282 e.